The summed E-state index contributed by atoms with van der Waals surface area (Å²) < 4.78 is 20.1. The molecule has 0 bridgehead atoms. The zero-order valence-electron chi connectivity index (χ0n) is 24.7. The monoisotopic (exact) mass is 600 g/mol. The highest BCUT2D eigenvalue weighted by Gasteiger charge is 2.32. The van der Waals surface area contributed by atoms with Gasteiger partial charge in [-0.25, -0.2) is 4.99 Å². The Hall–Kier alpha value is -4.88. The fraction of sp³-hybridized carbons (Fsp3) is 0.189. The Labute approximate surface area is 259 Å². The average molecular weight is 601 g/mol. The first-order chi connectivity index (χ1) is 21.6. The lowest BCUT2D eigenvalue weighted by Gasteiger charge is -2.31. The van der Waals surface area contributed by atoms with Crippen LogP contribution >= 0.6 is 11.3 Å². The molecule has 0 saturated heterocycles. The molecule has 7 rings (SSSR count). The van der Waals surface area contributed by atoms with Gasteiger partial charge in [-0.2, -0.15) is 0 Å². The summed E-state index contributed by atoms with van der Waals surface area (Å²) in [5.41, 5.74) is 7.46. The zero-order chi connectivity index (χ0) is 30.0. The van der Waals surface area contributed by atoms with Crippen molar-refractivity contribution in [1.29, 1.82) is 0 Å². The van der Waals surface area contributed by atoms with E-state index in [-0.39, 0.29) is 11.6 Å². The highest BCUT2D eigenvalue weighted by Crippen LogP contribution is 2.41. The molecule has 2 aliphatic rings. The number of hydrogen-bond donors (Lipinski definition) is 0. The van der Waals surface area contributed by atoms with Crippen molar-refractivity contribution in [2.45, 2.75) is 32.4 Å². The molecule has 44 heavy (non-hydrogen) atoms. The van der Waals surface area contributed by atoms with Crippen molar-refractivity contribution in [2.75, 3.05) is 13.7 Å². The van der Waals surface area contributed by atoms with Crippen molar-refractivity contribution < 1.29 is 14.2 Å². The van der Waals surface area contributed by atoms with Gasteiger partial charge in [-0.3, -0.25) is 9.36 Å². The molecule has 4 aromatic carbocycles. The minimum atomic E-state index is -0.264. The summed E-state index contributed by atoms with van der Waals surface area (Å²) in [6.07, 6.45) is 3.67. The van der Waals surface area contributed by atoms with Crippen molar-refractivity contribution in [3.8, 4) is 17.2 Å². The highest BCUT2D eigenvalue weighted by molar-refractivity contribution is 7.07. The first-order valence-corrected chi connectivity index (χ1v) is 15.6. The quantitative estimate of drug-likeness (QED) is 0.210. The van der Waals surface area contributed by atoms with Crippen LogP contribution in [-0.4, -0.2) is 18.3 Å². The molecule has 1 aliphatic heterocycles. The van der Waals surface area contributed by atoms with Crippen LogP contribution in [0.3, 0.4) is 0 Å². The predicted octanol–water partition coefficient (Wildman–Crippen LogP) is 6.31. The Bertz CT molecular complexity index is 2060. The fourth-order valence-corrected chi connectivity index (χ4v) is 7.02. The van der Waals surface area contributed by atoms with E-state index in [0.29, 0.717) is 34.0 Å². The van der Waals surface area contributed by atoms with E-state index in [9.17, 15) is 4.79 Å². The van der Waals surface area contributed by atoms with E-state index >= 15 is 0 Å². The van der Waals surface area contributed by atoms with Crippen LogP contribution in [0.4, 0.5) is 0 Å². The van der Waals surface area contributed by atoms with Crippen molar-refractivity contribution in [3.63, 3.8) is 0 Å². The highest BCUT2D eigenvalue weighted by atomic mass is 32.1. The molecule has 6 nitrogen and oxygen atoms in total. The lowest BCUT2D eigenvalue weighted by atomic mass is 9.83. The molecule has 1 aliphatic carbocycles. The maximum Gasteiger partial charge on any atom is 0.271 e. The second-order valence-electron chi connectivity index (χ2n) is 10.8. The normalized spacial score (nSPS) is 15.6. The van der Waals surface area contributed by atoms with Crippen molar-refractivity contribution in [3.05, 3.63) is 150 Å². The number of rotatable bonds is 8. The SMILES string of the molecule is CCOc1cc(/C=c2/sc3n(c2=O)[C@H](c2cccc(OC)c2)C2=C(N=3)c3ccccc3CC2)ccc1OCc1ccccc1. The lowest BCUT2D eigenvalue weighted by molar-refractivity contribution is 0.269. The summed E-state index contributed by atoms with van der Waals surface area (Å²) in [5, 5.41) is 0. The third-order valence-electron chi connectivity index (χ3n) is 8.09. The van der Waals surface area contributed by atoms with Gasteiger partial charge in [0.2, 0.25) is 0 Å². The Morgan fingerprint density at radius 1 is 0.909 bits per heavy atom. The van der Waals surface area contributed by atoms with E-state index in [1.165, 1.54) is 16.9 Å². The predicted molar refractivity (Wildman–Crippen MR) is 174 cm³/mol. The van der Waals surface area contributed by atoms with Gasteiger partial charge in [-0.15, -0.1) is 0 Å². The standard InChI is InChI=1S/C37H32N2O4S/c1-3-42-32-20-25(16-19-31(32)43-23-24-10-5-4-6-11-24)21-33-36(40)39-35(27-13-9-14-28(22-27)41-2)30-18-17-26-12-7-8-15-29(26)34(30)38-37(39)44-33/h4-16,19-22,35H,3,17-18,23H2,1-2H3/b33-21+/t35-/m1/s1. The summed E-state index contributed by atoms with van der Waals surface area (Å²) >= 11 is 1.42. The van der Waals surface area contributed by atoms with E-state index in [4.69, 9.17) is 19.2 Å². The van der Waals surface area contributed by atoms with Crippen molar-refractivity contribution in [2.24, 2.45) is 4.99 Å². The molecule has 220 valence electrons. The lowest BCUT2D eigenvalue weighted by Crippen LogP contribution is -2.38. The van der Waals surface area contributed by atoms with Crippen molar-refractivity contribution >= 4 is 23.1 Å². The number of aryl methyl sites for hydroxylation is 1. The molecule has 0 N–H and O–H groups in total. The van der Waals surface area contributed by atoms with Gasteiger partial charge >= 0.3 is 0 Å². The van der Waals surface area contributed by atoms with Crippen LogP contribution in [0.1, 0.15) is 47.2 Å². The van der Waals surface area contributed by atoms with E-state index in [1.54, 1.807) is 7.11 Å². The summed E-state index contributed by atoms with van der Waals surface area (Å²) in [6, 6.07) is 32.0. The summed E-state index contributed by atoms with van der Waals surface area (Å²) in [6.45, 7) is 2.89. The second kappa shape index (κ2) is 12.0. The van der Waals surface area contributed by atoms with E-state index < -0.39 is 0 Å². The van der Waals surface area contributed by atoms with Gasteiger partial charge in [0.25, 0.3) is 5.56 Å². The number of benzene rings is 4. The largest absolute Gasteiger partial charge is 0.497 e. The molecule has 0 saturated carbocycles. The van der Waals surface area contributed by atoms with Crippen LogP contribution in [0.15, 0.2) is 112 Å². The fourth-order valence-electron chi connectivity index (χ4n) is 6.02. The number of ether oxygens (including phenoxy) is 3. The van der Waals surface area contributed by atoms with Gasteiger partial charge in [0.1, 0.15) is 12.4 Å². The van der Waals surface area contributed by atoms with E-state index in [1.807, 2.05) is 84.3 Å². The van der Waals surface area contributed by atoms with Crippen LogP contribution in [-0.2, 0) is 13.0 Å². The van der Waals surface area contributed by atoms with Crippen LogP contribution in [0.5, 0.6) is 17.2 Å². The summed E-state index contributed by atoms with van der Waals surface area (Å²) in [7, 11) is 1.67. The Morgan fingerprint density at radius 2 is 1.75 bits per heavy atom. The molecule has 5 aromatic rings. The number of nitrogens with zero attached hydrogens (tertiary/aromatic N) is 2. The molecule has 0 spiro atoms. The molecule has 1 atom stereocenters. The van der Waals surface area contributed by atoms with Gasteiger partial charge in [0.05, 0.1) is 30.0 Å². The minimum Gasteiger partial charge on any atom is -0.497 e. The number of thiazole rings is 1. The van der Waals surface area contributed by atoms with Gasteiger partial charge < -0.3 is 14.2 Å². The molecule has 0 unspecified atom stereocenters. The number of allylic oxidation sites excluding steroid dienone is 1. The summed E-state index contributed by atoms with van der Waals surface area (Å²) in [4.78, 5) is 20.0. The maximum atomic E-state index is 14.2. The number of aromatic nitrogens is 1. The molecule has 0 radical (unpaired) electrons. The van der Waals surface area contributed by atoms with Gasteiger partial charge in [-0.1, -0.05) is 84.1 Å². The maximum absolute atomic E-state index is 14.2. The third-order valence-corrected chi connectivity index (χ3v) is 9.07. The van der Waals surface area contributed by atoms with E-state index in [0.717, 1.165) is 52.1 Å². The summed E-state index contributed by atoms with van der Waals surface area (Å²) in [5.74, 6) is 2.07. The molecule has 1 aromatic heterocycles. The third kappa shape index (κ3) is 5.24. The molecule has 2 heterocycles. The van der Waals surface area contributed by atoms with Gasteiger partial charge in [0, 0.05) is 5.56 Å². The number of methoxy groups -OCH3 is 1. The van der Waals surface area contributed by atoms with Gasteiger partial charge in [0.15, 0.2) is 16.3 Å². The first-order valence-electron chi connectivity index (χ1n) is 14.8. The molecule has 0 amide bonds. The molecular formula is C37H32N2O4S. The Balaban J connectivity index is 1.33. The number of hydrogen-bond acceptors (Lipinski definition) is 6. The van der Waals surface area contributed by atoms with Crippen LogP contribution in [0.25, 0.3) is 11.8 Å². The first kappa shape index (κ1) is 27.9. The molecule has 0 fully saturated rings. The number of fused-ring (bicyclic) bond motifs is 3. The van der Waals surface area contributed by atoms with Crippen LogP contribution in [0, 0.1) is 0 Å². The Morgan fingerprint density at radius 3 is 2.59 bits per heavy atom. The zero-order valence-corrected chi connectivity index (χ0v) is 25.5. The van der Waals surface area contributed by atoms with Crippen LogP contribution < -0.4 is 29.1 Å². The van der Waals surface area contributed by atoms with Crippen LogP contribution in [0.2, 0.25) is 0 Å². The van der Waals surface area contributed by atoms with Gasteiger partial charge in [-0.05, 0) is 77.9 Å². The minimum absolute atomic E-state index is 0.0608. The van der Waals surface area contributed by atoms with Crippen molar-refractivity contribution in [1.82, 2.24) is 4.57 Å². The second-order valence-corrected chi connectivity index (χ2v) is 11.8. The molecular weight excluding hydrogens is 568 g/mol. The smallest absolute Gasteiger partial charge is 0.271 e. The topological polar surface area (TPSA) is 62.0 Å². The molecule has 7 heteroatoms. The Kier molecular flexibility index (Phi) is 7.62. The van der Waals surface area contributed by atoms with E-state index in [2.05, 4.69) is 30.3 Å². The average Bonchev–Trinajstić information content (AvgIpc) is 3.37.